The summed E-state index contributed by atoms with van der Waals surface area (Å²) < 4.78 is 1.58. The van der Waals surface area contributed by atoms with Crippen LogP contribution in [0.25, 0.3) is 11.2 Å². The van der Waals surface area contributed by atoms with Gasteiger partial charge in [-0.1, -0.05) is 29.1 Å². The summed E-state index contributed by atoms with van der Waals surface area (Å²) in [6.07, 6.45) is 1.45. The molecule has 3 rings (SSSR count). The fourth-order valence-electron chi connectivity index (χ4n) is 2.13. The maximum absolute atomic E-state index is 12.2. The number of rotatable bonds is 4. The Morgan fingerprint density at radius 2 is 2.13 bits per heavy atom. The number of aryl methyl sites for hydroxylation is 3. The molecule has 0 unspecified atom stereocenters. The number of anilines is 1. The molecule has 0 saturated carbocycles. The predicted molar refractivity (Wildman–Crippen MR) is 89.4 cm³/mol. The maximum atomic E-state index is 12.2. The Morgan fingerprint density at radius 3 is 2.96 bits per heavy atom. The number of fused-ring (bicyclic) bond motifs is 1. The normalized spacial score (nSPS) is 10.9. The van der Waals surface area contributed by atoms with E-state index < -0.39 is 0 Å². The molecule has 0 saturated heterocycles. The number of carbonyl (C=O) groups is 1. The van der Waals surface area contributed by atoms with E-state index in [0.29, 0.717) is 16.2 Å². The smallest absolute Gasteiger partial charge is 0.234 e. The molecule has 2 heterocycles. The minimum Gasteiger partial charge on any atom is -0.325 e. The molecule has 1 amide bonds. The first-order valence-corrected chi connectivity index (χ1v) is 8.03. The van der Waals surface area contributed by atoms with Crippen LogP contribution in [0.2, 0.25) is 0 Å². The number of hydrogen-bond acceptors (Lipinski definition) is 6. The minimum atomic E-state index is -0.0839. The van der Waals surface area contributed by atoms with Crippen LogP contribution in [0.4, 0.5) is 5.69 Å². The topological polar surface area (TPSA) is 85.6 Å². The first kappa shape index (κ1) is 15.4. The summed E-state index contributed by atoms with van der Waals surface area (Å²) in [5.74, 6) is 0.162. The number of nitrogens with zero attached hydrogens (tertiary/aromatic N) is 5. The SMILES string of the molecule is Cc1ccc(C)c(NC(=O)CSc2ncnc3c2nnn3C)c1. The van der Waals surface area contributed by atoms with Crippen molar-refractivity contribution in [3.05, 3.63) is 35.7 Å². The molecule has 0 bridgehead atoms. The van der Waals surface area contributed by atoms with Crippen molar-refractivity contribution in [3.63, 3.8) is 0 Å². The first-order chi connectivity index (χ1) is 11.0. The zero-order valence-corrected chi connectivity index (χ0v) is 13.9. The van der Waals surface area contributed by atoms with Crippen molar-refractivity contribution in [1.29, 1.82) is 0 Å². The first-order valence-electron chi connectivity index (χ1n) is 7.05. The Kier molecular flexibility index (Phi) is 4.24. The fourth-order valence-corrected chi connectivity index (χ4v) is 2.86. The van der Waals surface area contributed by atoms with Gasteiger partial charge in [0.1, 0.15) is 11.4 Å². The maximum Gasteiger partial charge on any atom is 0.234 e. The number of thioether (sulfide) groups is 1. The van der Waals surface area contributed by atoms with E-state index in [9.17, 15) is 4.79 Å². The van der Waals surface area contributed by atoms with Gasteiger partial charge in [0.05, 0.1) is 5.75 Å². The minimum absolute atomic E-state index is 0.0839. The molecule has 8 heteroatoms. The average molecular weight is 328 g/mol. The van der Waals surface area contributed by atoms with Crippen LogP contribution in [0, 0.1) is 13.8 Å². The molecule has 0 aliphatic heterocycles. The largest absolute Gasteiger partial charge is 0.325 e. The van der Waals surface area contributed by atoms with E-state index in [-0.39, 0.29) is 11.7 Å². The van der Waals surface area contributed by atoms with E-state index in [4.69, 9.17) is 0 Å². The molecule has 23 heavy (non-hydrogen) atoms. The molecule has 0 aliphatic rings. The summed E-state index contributed by atoms with van der Waals surface area (Å²) in [5, 5.41) is 11.5. The van der Waals surface area contributed by atoms with Crippen LogP contribution in [0.5, 0.6) is 0 Å². The Hall–Kier alpha value is -2.48. The highest BCUT2D eigenvalue weighted by molar-refractivity contribution is 8.00. The number of nitrogens with one attached hydrogen (secondary N) is 1. The molecule has 0 radical (unpaired) electrons. The van der Waals surface area contributed by atoms with E-state index in [2.05, 4.69) is 25.6 Å². The molecule has 0 atom stereocenters. The van der Waals surface area contributed by atoms with Crippen molar-refractivity contribution in [2.45, 2.75) is 18.9 Å². The highest BCUT2D eigenvalue weighted by Crippen LogP contribution is 2.23. The van der Waals surface area contributed by atoms with Crippen LogP contribution < -0.4 is 5.32 Å². The molecule has 118 valence electrons. The number of hydrogen-bond donors (Lipinski definition) is 1. The lowest BCUT2D eigenvalue weighted by molar-refractivity contribution is -0.113. The summed E-state index contributed by atoms with van der Waals surface area (Å²) >= 11 is 1.32. The lowest BCUT2D eigenvalue weighted by atomic mass is 10.1. The molecule has 7 nitrogen and oxygen atoms in total. The van der Waals surface area contributed by atoms with Crippen molar-refractivity contribution in [2.75, 3.05) is 11.1 Å². The van der Waals surface area contributed by atoms with Gasteiger partial charge in [0.15, 0.2) is 11.2 Å². The summed E-state index contributed by atoms with van der Waals surface area (Å²) in [7, 11) is 1.77. The Bertz CT molecular complexity index is 876. The van der Waals surface area contributed by atoms with Crippen LogP contribution in [0.15, 0.2) is 29.6 Å². The molecule has 0 fully saturated rings. The van der Waals surface area contributed by atoms with Crippen molar-refractivity contribution >= 4 is 34.5 Å². The van der Waals surface area contributed by atoms with Gasteiger partial charge in [-0.05, 0) is 31.0 Å². The van der Waals surface area contributed by atoms with Gasteiger partial charge in [0.25, 0.3) is 0 Å². The number of carbonyl (C=O) groups excluding carboxylic acids is 1. The molecule has 0 spiro atoms. The molecule has 2 aromatic heterocycles. The van der Waals surface area contributed by atoms with E-state index in [1.54, 1.807) is 11.7 Å². The highest BCUT2D eigenvalue weighted by atomic mass is 32.2. The van der Waals surface area contributed by atoms with Crippen molar-refractivity contribution in [3.8, 4) is 0 Å². The summed E-state index contributed by atoms with van der Waals surface area (Å²) in [4.78, 5) is 20.5. The van der Waals surface area contributed by atoms with Gasteiger partial charge < -0.3 is 5.32 Å². The van der Waals surface area contributed by atoms with Crippen molar-refractivity contribution < 1.29 is 4.79 Å². The molecule has 3 aromatic rings. The lowest BCUT2D eigenvalue weighted by Crippen LogP contribution is -2.15. The second kappa shape index (κ2) is 6.33. The fraction of sp³-hybridized carbons (Fsp3) is 0.267. The second-order valence-corrected chi connectivity index (χ2v) is 6.18. The molecule has 1 aromatic carbocycles. The van der Waals surface area contributed by atoms with Gasteiger partial charge in [-0.3, -0.25) is 4.79 Å². The molecular formula is C15H16N6OS. The Labute approximate surface area is 137 Å². The predicted octanol–water partition coefficient (Wildman–Crippen LogP) is 2.11. The van der Waals surface area contributed by atoms with Gasteiger partial charge in [0.2, 0.25) is 5.91 Å². The quantitative estimate of drug-likeness (QED) is 0.583. The number of benzene rings is 1. The Balaban J connectivity index is 1.70. The lowest BCUT2D eigenvalue weighted by Gasteiger charge is -2.09. The third-order valence-corrected chi connectivity index (χ3v) is 4.34. The van der Waals surface area contributed by atoms with Gasteiger partial charge in [0, 0.05) is 12.7 Å². The van der Waals surface area contributed by atoms with E-state index in [1.807, 2.05) is 32.0 Å². The summed E-state index contributed by atoms with van der Waals surface area (Å²) in [6, 6.07) is 5.97. The van der Waals surface area contributed by atoms with Crippen molar-refractivity contribution in [1.82, 2.24) is 25.0 Å². The highest BCUT2D eigenvalue weighted by Gasteiger charge is 2.12. The van der Waals surface area contributed by atoms with E-state index >= 15 is 0 Å². The molecule has 0 aliphatic carbocycles. The average Bonchev–Trinajstić information content (AvgIpc) is 2.91. The second-order valence-electron chi connectivity index (χ2n) is 5.22. The summed E-state index contributed by atoms with van der Waals surface area (Å²) in [6.45, 7) is 3.96. The van der Waals surface area contributed by atoms with Gasteiger partial charge in [-0.25, -0.2) is 14.6 Å². The third-order valence-electron chi connectivity index (χ3n) is 3.36. The van der Waals surface area contributed by atoms with Gasteiger partial charge in [-0.2, -0.15) is 0 Å². The molecular weight excluding hydrogens is 312 g/mol. The van der Waals surface area contributed by atoms with Crippen LogP contribution >= 0.6 is 11.8 Å². The van der Waals surface area contributed by atoms with Crippen LogP contribution in [-0.4, -0.2) is 36.6 Å². The van der Waals surface area contributed by atoms with Crippen LogP contribution in [-0.2, 0) is 11.8 Å². The third kappa shape index (κ3) is 3.31. The number of aromatic nitrogens is 5. The zero-order valence-electron chi connectivity index (χ0n) is 13.1. The van der Waals surface area contributed by atoms with E-state index in [0.717, 1.165) is 16.8 Å². The van der Waals surface area contributed by atoms with Crippen LogP contribution in [0.3, 0.4) is 0 Å². The van der Waals surface area contributed by atoms with Gasteiger partial charge >= 0.3 is 0 Å². The standard InChI is InChI=1S/C15H16N6OS/c1-9-4-5-10(2)11(6-9)18-12(22)7-23-15-13-14(16-8-17-15)21(3)20-19-13/h4-6,8H,7H2,1-3H3,(H,18,22). The monoisotopic (exact) mass is 328 g/mol. The summed E-state index contributed by atoms with van der Waals surface area (Å²) in [5.41, 5.74) is 4.24. The Morgan fingerprint density at radius 1 is 1.30 bits per heavy atom. The number of amides is 1. The van der Waals surface area contributed by atoms with Crippen LogP contribution in [0.1, 0.15) is 11.1 Å². The van der Waals surface area contributed by atoms with E-state index in [1.165, 1.54) is 18.1 Å². The zero-order chi connectivity index (χ0) is 16.4. The van der Waals surface area contributed by atoms with Crippen molar-refractivity contribution in [2.24, 2.45) is 7.05 Å². The molecule has 1 N–H and O–H groups in total. The van der Waals surface area contributed by atoms with Gasteiger partial charge in [-0.15, -0.1) is 5.10 Å².